The molecule has 2 rings (SSSR count). The lowest BCUT2D eigenvalue weighted by Crippen LogP contribution is -2.43. The van der Waals surface area contributed by atoms with Crippen LogP contribution < -0.4 is 4.72 Å². The van der Waals surface area contributed by atoms with E-state index in [-0.39, 0.29) is 6.10 Å². The lowest BCUT2D eigenvalue weighted by atomic mass is 10.1. The van der Waals surface area contributed by atoms with Crippen molar-refractivity contribution in [2.45, 2.75) is 44.6 Å². The number of unbranched alkanes of at least 4 members (excludes halogenated alkanes) is 3. The maximum atomic E-state index is 12.5. The van der Waals surface area contributed by atoms with Crippen molar-refractivity contribution in [3.8, 4) is 0 Å². The van der Waals surface area contributed by atoms with Gasteiger partial charge < -0.3 is 14.4 Å². The van der Waals surface area contributed by atoms with Crippen LogP contribution in [0.4, 0.5) is 5.69 Å². The molecule has 0 radical (unpaired) electrons. The third-order valence-electron chi connectivity index (χ3n) is 5.23. The highest BCUT2D eigenvalue weighted by molar-refractivity contribution is 7.90. The van der Waals surface area contributed by atoms with Gasteiger partial charge in [-0.05, 0) is 51.4 Å². The fourth-order valence-corrected chi connectivity index (χ4v) is 4.66. The van der Waals surface area contributed by atoms with Crippen LogP contribution in [-0.4, -0.2) is 77.3 Å². The third kappa shape index (κ3) is 9.44. The van der Waals surface area contributed by atoms with Crippen LogP contribution in [0.1, 0.15) is 38.5 Å². The van der Waals surface area contributed by atoms with E-state index in [2.05, 4.69) is 16.7 Å². The van der Waals surface area contributed by atoms with Crippen molar-refractivity contribution >= 4 is 15.9 Å². The number of benzene rings is 1. The molecule has 166 valence electrons. The van der Waals surface area contributed by atoms with Crippen molar-refractivity contribution in [2.24, 2.45) is 0 Å². The fourth-order valence-electron chi connectivity index (χ4n) is 3.41. The number of anilines is 1. The van der Waals surface area contributed by atoms with Gasteiger partial charge in [0.25, 0.3) is 0 Å². The van der Waals surface area contributed by atoms with Crippen molar-refractivity contribution in [3.63, 3.8) is 0 Å². The number of methoxy groups -OCH3 is 1. The van der Waals surface area contributed by atoms with E-state index in [4.69, 9.17) is 9.47 Å². The zero-order valence-electron chi connectivity index (χ0n) is 17.9. The van der Waals surface area contributed by atoms with Crippen molar-refractivity contribution in [1.82, 2.24) is 9.21 Å². The summed E-state index contributed by atoms with van der Waals surface area (Å²) in [6, 6.07) is 9.01. The van der Waals surface area contributed by atoms with Crippen LogP contribution in [0.25, 0.3) is 0 Å². The summed E-state index contributed by atoms with van der Waals surface area (Å²) in [5, 5.41) is 0. The molecule has 0 aliphatic carbocycles. The molecule has 1 aliphatic heterocycles. The normalized spacial score (nSPS) is 16.4. The van der Waals surface area contributed by atoms with Gasteiger partial charge in [-0.3, -0.25) is 4.72 Å². The summed E-state index contributed by atoms with van der Waals surface area (Å²) >= 11 is 0. The van der Waals surface area contributed by atoms with Gasteiger partial charge in [0.05, 0.1) is 12.7 Å². The number of nitrogens with one attached hydrogen (secondary N) is 1. The van der Waals surface area contributed by atoms with Gasteiger partial charge in [0, 0.05) is 39.0 Å². The predicted octanol–water partition coefficient (Wildman–Crippen LogP) is 2.96. The van der Waals surface area contributed by atoms with E-state index >= 15 is 0 Å². The second-order valence-electron chi connectivity index (χ2n) is 7.65. The van der Waals surface area contributed by atoms with Crippen LogP contribution in [0.15, 0.2) is 30.3 Å². The highest BCUT2D eigenvalue weighted by Gasteiger charge is 2.28. The molecule has 1 heterocycles. The number of nitrogens with zero attached hydrogens (tertiary/aromatic N) is 2. The van der Waals surface area contributed by atoms with Crippen LogP contribution in [0.3, 0.4) is 0 Å². The average molecular weight is 428 g/mol. The molecular formula is C21H37N3O4S. The fraction of sp³-hybridized carbons (Fsp3) is 0.714. The zero-order chi connectivity index (χ0) is 21.0. The Morgan fingerprint density at radius 2 is 1.72 bits per heavy atom. The minimum atomic E-state index is -3.49. The molecule has 1 fully saturated rings. The monoisotopic (exact) mass is 427 g/mol. The van der Waals surface area contributed by atoms with Crippen LogP contribution in [0, 0.1) is 0 Å². The smallest absolute Gasteiger partial charge is 0.301 e. The van der Waals surface area contributed by atoms with Gasteiger partial charge in [0.15, 0.2) is 0 Å². The van der Waals surface area contributed by atoms with Crippen LogP contribution >= 0.6 is 0 Å². The van der Waals surface area contributed by atoms with E-state index in [0.717, 1.165) is 45.6 Å². The van der Waals surface area contributed by atoms with Crippen molar-refractivity contribution in [3.05, 3.63) is 30.3 Å². The Labute approximate surface area is 176 Å². The number of hydrogen-bond acceptors (Lipinski definition) is 5. The molecule has 1 saturated heterocycles. The van der Waals surface area contributed by atoms with Gasteiger partial charge in [-0.25, -0.2) is 0 Å². The SMILES string of the molecule is COCCN(C)CCCCCCOC1CCN(S(=O)(=O)Nc2ccccc2)CC1. The Bertz CT molecular complexity index is 649. The van der Waals surface area contributed by atoms with Gasteiger partial charge in [0.1, 0.15) is 0 Å². The first kappa shape index (κ1) is 24.1. The Kier molecular flexibility index (Phi) is 10.9. The molecule has 1 aromatic rings. The molecule has 1 N–H and O–H groups in total. The minimum absolute atomic E-state index is 0.165. The van der Waals surface area contributed by atoms with Crippen LogP contribution in [-0.2, 0) is 19.7 Å². The first-order chi connectivity index (χ1) is 14.0. The quantitative estimate of drug-likeness (QED) is 0.462. The van der Waals surface area contributed by atoms with Crippen molar-refractivity contribution in [2.75, 3.05) is 58.3 Å². The zero-order valence-corrected chi connectivity index (χ0v) is 18.7. The molecule has 0 atom stereocenters. The Balaban J connectivity index is 1.53. The molecule has 7 nitrogen and oxygen atoms in total. The highest BCUT2D eigenvalue weighted by atomic mass is 32.2. The second kappa shape index (κ2) is 13.2. The maximum absolute atomic E-state index is 12.5. The first-order valence-electron chi connectivity index (χ1n) is 10.6. The number of hydrogen-bond donors (Lipinski definition) is 1. The predicted molar refractivity (Wildman–Crippen MR) is 117 cm³/mol. The Morgan fingerprint density at radius 1 is 1.03 bits per heavy atom. The van der Waals surface area contributed by atoms with E-state index in [1.807, 2.05) is 18.2 Å². The average Bonchev–Trinajstić information content (AvgIpc) is 2.72. The van der Waals surface area contributed by atoms with Crippen molar-refractivity contribution < 1.29 is 17.9 Å². The summed E-state index contributed by atoms with van der Waals surface area (Å²) in [5.41, 5.74) is 0.593. The van der Waals surface area contributed by atoms with Crippen molar-refractivity contribution in [1.29, 1.82) is 0 Å². The molecule has 8 heteroatoms. The van der Waals surface area contributed by atoms with Gasteiger partial charge >= 0.3 is 10.2 Å². The first-order valence-corrected chi connectivity index (χ1v) is 12.1. The molecule has 0 aromatic heterocycles. The molecule has 0 saturated carbocycles. The molecule has 29 heavy (non-hydrogen) atoms. The van der Waals surface area contributed by atoms with Gasteiger partial charge in [-0.2, -0.15) is 12.7 Å². The number of rotatable bonds is 14. The summed E-state index contributed by atoms with van der Waals surface area (Å²) in [6.07, 6.45) is 6.31. The van der Waals surface area contributed by atoms with Gasteiger partial charge in [-0.1, -0.05) is 31.0 Å². The molecule has 1 aliphatic rings. The lowest BCUT2D eigenvalue weighted by Gasteiger charge is -2.31. The summed E-state index contributed by atoms with van der Waals surface area (Å²) in [7, 11) is 0.371. The van der Waals surface area contributed by atoms with E-state index in [9.17, 15) is 8.42 Å². The van der Waals surface area contributed by atoms with Crippen LogP contribution in [0.2, 0.25) is 0 Å². The number of ether oxygens (including phenoxy) is 2. The largest absolute Gasteiger partial charge is 0.383 e. The molecule has 0 amide bonds. The number of likely N-dealkylation sites (N-methyl/N-ethyl adjacent to an activating group) is 1. The molecular weight excluding hydrogens is 390 g/mol. The van der Waals surface area contributed by atoms with Crippen LogP contribution in [0.5, 0.6) is 0 Å². The summed E-state index contributed by atoms with van der Waals surface area (Å²) in [5.74, 6) is 0. The molecule has 0 spiro atoms. The second-order valence-corrected chi connectivity index (χ2v) is 9.32. The molecule has 0 bridgehead atoms. The Hall–Kier alpha value is -1.19. The van der Waals surface area contributed by atoms with E-state index in [1.54, 1.807) is 19.2 Å². The minimum Gasteiger partial charge on any atom is -0.383 e. The lowest BCUT2D eigenvalue weighted by molar-refractivity contribution is 0.0193. The summed E-state index contributed by atoms with van der Waals surface area (Å²) in [4.78, 5) is 2.30. The van der Waals surface area contributed by atoms with Gasteiger partial charge in [-0.15, -0.1) is 0 Å². The summed E-state index contributed by atoms with van der Waals surface area (Å²) < 4.78 is 40.2. The summed E-state index contributed by atoms with van der Waals surface area (Å²) in [6.45, 7) is 4.64. The Morgan fingerprint density at radius 3 is 2.41 bits per heavy atom. The van der Waals surface area contributed by atoms with E-state index < -0.39 is 10.2 Å². The number of piperidine rings is 1. The maximum Gasteiger partial charge on any atom is 0.301 e. The standard InChI is InChI=1S/C21H37N3O4S/c1-23(17-19-27-2)14-8-3-4-9-18-28-21-12-15-24(16-13-21)29(25,26)22-20-10-6-5-7-11-20/h5-7,10-11,21-22H,3-4,8-9,12-19H2,1-2H3. The molecule has 0 unspecified atom stereocenters. The van der Waals surface area contributed by atoms with E-state index in [0.29, 0.717) is 18.8 Å². The number of para-hydroxylation sites is 1. The third-order valence-corrected chi connectivity index (χ3v) is 6.76. The highest BCUT2D eigenvalue weighted by Crippen LogP contribution is 2.19. The van der Waals surface area contributed by atoms with Gasteiger partial charge in [0.2, 0.25) is 0 Å². The van der Waals surface area contributed by atoms with E-state index in [1.165, 1.54) is 23.6 Å². The topological polar surface area (TPSA) is 71.1 Å². The molecule has 1 aromatic carbocycles.